The predicted molar refractivity (Wildman–Crippen MR) is 102 cm³/mol. The van der Waals surface area contributed by atoms with Crippen LogP contribution in [0.4, 0.5) is 4.39 Å². The Labute approximate surface area is 152 Å². The van der Waals surface area contributed by atoms with E-state index < -0.39 is 0 Å². The lowest BCUT2D eigenvalue weighted by molar-refractivity contribution is 0.624. The van der Waals surface area contributed by atoms with E-state index in [1.807, 2.05) is 24.3 Å². The lowest BCUT2D eigenvalue weighted by Crippen LogP contribution is -2.23. The first-order valence-electron chi connectivity index (χ1n) is 8.82. The van der Waals surface area contributed by atoms with Crippen LogP contribution in [0.1, 0.15) is 27.8 Å². The summed E-state index contributed by atoms with van der Waals surface area (Å²) in [5.74, 6) is -0.231. The summed E-state index contributed by atoms with van der Waals surface area (Å²) in [5.41, 5.74) is 5.85. The highest BCUT2D eigenvalue weighted by molar-refractivity contribution is 6.14. The molecule has 0 bridgehead atoms. The number of halogens is 1. The largest absolute Gasteiger partial charge is 0.311 e. The number of aromatic nitrogens is 1. The molecule has 26 heavy (non-hydrogen) atoms. The Morgan fingerprint density at radius 3 is 2.62 bits per heavy atom. The molecule has 0 amide bonds. The number of fused-ring (bicyclic) bond motifs is 1. The average Bonchev–Trinajstić information content (AvgIpc) is 2.65. The van der Waals surface area contributed by atoms with Gasteiger partial charge in [-0.3, -0.25) is 9.98 Å². The Morgan fingerprint density at radius 2 is 1.77 bits per heavy atom. The van der Waals surface area contributed by atoms with Crippen molar-refractivity contribution in [3.8, 4) is 0 Å². The highest BCUT2D eigenvalue weighted by Gasteiger charge is 2.17. The molecule has 1 aliphatic rings. The molecular formula is C22H20FN3. The molecule has 0 saturated carbocycles. The molecule has 1 aliphatic heterocycles. The number of pyridine rings is 1. The Kier molecular flexibility index (Phi) is 4.84. The Hall–Kier alpha value is -2.85. The Balaban J connectivity index is 1.78. The zero-order valence-corrected chi connectivity index (χ0v) is 14.5. The van der Waals surface area contributed by atoms with Gasteiger partial charge in [-0.15, -0.1) is 0 Å². The van der Waals surface area contributed by atoms with Crippen molar-refractivity contribution < 1.29 is 4.39 Å². The van der Waals surface area contributed by atoms with Gasteiger partial charge in [-0.2, -0.15) is 0 Å². The second kappa shape index (κ2) is 7.58. The minimum Gasteiger partial charge on any atom is -0.311 e. The maximum Gasteiger partial charge on any atom is 0.132 e. The van der Waals surface area contributed by atoms with Gasteiger partial charge in [0.05, 0.1) is 12.3 Å². The molecule has 3 aromatic rings. The number of nitrogens with zero attached hydrogens (tertiary/aromatic N) is 2. The number of nitrogens with one attached hydrogen (secondary N) is 1. The van der Waals surface area contributed by atoms with E-state index in [0.29, 0.717) is 12.1 Å². The van der Waals surface area contributed by atoms with Crippen molar-refractivity contribution >= 4 is 5.71 Å². The van der Waals surface area contributed by atoms with Gasteiger partial charge in [-0.05, 0) is 53.4 Å². The topological polar surface area (TPSA) is 37.3 Å². The monoisotopic (exact) mass is 345 g/mol. The molecule has 1 aromatic heterocycles. The standard InChI is InChI=1S/C22H20FN3/c23-21-4-2-1-3-19(21)22-20-14-17(13-16-7-9-24-10-8-16)5-6-18(20)15-25-11-12-26-22/h1-10,14,25H,11-13,15H2. The summed E-state index contributed by atoms with van der Waals surface area (Å²) in [7, 11) is 0. The SMILES string of the molecule is Fc1ccccc1C1=NCCNCc2ccc(Cc3ccncc3)cc21. The summed E-state index contributed by atoms with van der Waals surface area (Å²) in [4.78, 5) is 8.78. The molecule has 0 unspecified atom stereocenters. The molecular weight excluding hydrogens is 325 g/mol. The molecule has 0 saturated heterocycles. The molecule has 130 valence electrons. The highest BCUT2D eigenvalue weighted by atomic mass is 19.1. The van der Waals surface area contributed by atoms with Crippen molar-refractivity contribution in [1.82, 2.24) is 10.3 Å². The second-order valence-corrected chi connectivity index (χ2v) is 6.41. The van der Waals surface area contributed by atoms with Crippen LogP contribution >= 0.6 is 0 Å². The van der Waals surface area contributed by atoms with Crippen molar-refractivity contribution in [2.75, 3.05) is 13.1 Å². The molecule has 0 aliphatic carbocycles. The first-order chi connectivity index (χ1) is 12.8. The van der Waals surface area contributed by atoms with Gasteiger partial charge in [0.2, 0.25) is 0 Å². The molecule has 0 fully saturated rings. The Morgan fingerprint density at radius 1 is 0.923 bits per heavy atom. The second-order valence-electron chi connectivity index (χ2n) is 6.41. The van der Waals surface area contributed by atoms with Gasteiger partial charge in [0.15, 0.2) is 0 Å². The molecule has 3 nitrogen and oxygen atoms in total. The number of rotatable bonds is 3. The fourth-order valence-corrected chi connectivity index (χ4v) is 3.28. The quantitative estimate of drug-likeness (QED) is 0.785. The van der Waals surface area contributed by atoms with Gasteiger partial charge < -0.3 is 5.32 Å². The van der Waals surface area contributed by atoms with Crippen LogP contribution in [0.3, 0.4) is 0 Å². The maximum absolute atomic E-state index is 14.4. The van der Waals surface area contributed by atoms with E-state index in [1.165, 1.54) is 17.2 Å². The van der Waals surface area contributed by atoms with Crippen LogP contribution in [0.2, 0.25) is 0 Å². The minimum atomic E-state index is -0.231. The summed E-state index contributed by atoms with van der Waals surface area (Å²) in [6, 6.07) is 17.3. The van der Waals surface area contributed by atoms with Gasteiger partial charge in [0, 0.05) is 36.6 Å². The van der Waals surface area contributed by atoms with Crippen LogP contribution in [-0.4, -0.2) is 23.8 Å². The zero-order valence-electron chi connectivity index (χ0n) is 14.5. The minimum absolute atomic E-state index is 0.231. The number of aliphatic imine (C=N–C) groups is 1. The van der Waals surface area contributed by atoms with E-state index in [1.54, 1.807) is 18.5 Å². The van der Waals surface area contributed by atoms with Crippen molar-refractivity contribution in [2.24, 2.45) is 4.99 Å². The van der Waals surface area contributed by atoms with E-state index in [9.17, 15) is 4.39 Å². The summed E-state index contributed by atoms with van der Waals surface area (Å²) >= 11 is 0. The van der Waals surface area contributed by atoms with Crippen LogP contribution < -0.4 is 5.32 Å². The third-order valence-electron chi connectivity index (χ3n) is 4.59. The van der Waals surface area contributed by atoms with Crippen molar-refractivity contribution in [3.63, 3.8) is 0 Å². The van der Waals surface area contributed by atoms with Crippen molar-refractivity contribution in [1.29, 1.82) is 0 Å². The van der Waals surface area contributed by atoms with Gasteiger partial charge in [0.1, 0.15) is 5.82 Å². The van der Waals surface area contributed by atoms with E-state index in [2.05, 4.69) is 28.5 Å². The summed E-state index contributed by atoms with van der Waals surface area (Å²) < 4.78 is 14.4. The zero-order chi connectivity index (χ0) is 17.8. The molecule has 2 aromatic carbocycles. The van der Waals surface area contributed by atoms with Crippen molar-refractivity contribution in [2.45, 2.75) is 13.0 Å². The lowest BCUT2D eigenvalue weighted by atomic mass is 9.93. The molecule has 0 radical (unpaired) electrons. The van der Waals surface area contributed by atoms with E-state index in [0.717, 1.165) is 36.3 Å². The van der Waals surface area contributed by atoms with Gasteiger partial charge >= 0.3 is 0 Å². The van der Waals surface area contributed by atoms with E-state index in [4.69, 9.17) is 4.99 Å². The normalized spacial score (nSPS) is 14.1. The molecule has 4 heteroatoms. The first-order valence-corrected chi connectivity index (χ1v) is 8.82. The first kappa shape index (κ1) is 16.6. The fourth-order valence-electron chi connectivity index (χ4n) is 3.28. The van der Waals surface area contributed by atoms with Gasteiger partial charge in [-0.1, -0.05) is 24.3 Å². The molecule has 1 N–H and O–H groups in total. The van der Waals surface area contributed by atoms with E-state index in [-0.39, 0.29) is 5.82 Å². The van der Waals surface area contributed by atoms with E-state index >= 15 is 0 Å². The summed E-state index contributed by atoms with van der Waals surface area (Å²) in [5, 5.41) is 3.39. The van der Waals surface area contributed by atoms with Crippen molar-refractivity contribution in [3.05, 3.63) is 101 Å². The predicted octanol–water partition coefficient (Wildman–Crippen LogP) is 3.75. The fraction of sp³-hybridized carbons (Fsp3) is 0.182. The molecule has 0 spiro atoms. The molecule has 2 heterocycles. The van der Waals surface area contributed by atoms with Gasteiger partial charge in [-0.25, -0.2) is 4.39 Å². The highest BCUT2D eigenvalue weighted by Crippen LogP contribution is 2.22. The average molecular weight is 345 g/mol. The van der Waals surface area contributed by atoms with Crippen LogP contribution in [-0.2, 0) is 13.0 Å². The van der Waals surface area contributed by atoms with Crippen LogP contribution in [0.5, 0.6) is 0 Å². The number of benzene rings is 2. The van der Waals surface area contributed by atoms with Crippen LogP contribution in [0.15, 0.2) is 72.0 Å². The molecule has 0 atom stereocenters. The smallest absolute Gasteiger partial charge is 0.132 e. The van der Waals surface area contributed by atoms with Gasteiger partial charge in [0.25, 0.3) is 0 Å². The molecule has 4 rings (SSSR count). The number of hydrogen-bond donors (Lipinski definition) is 1. The number of hydrogen-bond acceptors (Lipinski definition) is 3. The third kappa shape index (κ3) is 3.55. The summed E-state index contributed by atoms with van der Waals surface area (Å²) in [6.45, 7) is 2.19. The lowest BCUT2D eigenvalue weighted by Gasteiger charge is -2.18. The summed E-state index contributed by atoms with van der Waals surface area (Å²) in [6.07, 6.45) is 4.42. The Bertz CT molecular complexity index is 935. The third-order valence-corrected chi connectivity index (χ3v) is 4.59. The maximum atomic E-state index is 14.4. The van der Waals surface area contributed by atoms with Crippen LogP contribution in [0.25, 0.3) is 0 Å². The van der Waals surface area contributed by atoms with Crippen LogP contribution in [0, 0.1) is 5.82 Å².